The van der Waals surface area contributed by atoms with E-state index in [1.54, 1.807) is 12.1 Å². The fourth-order valence-electron chi connectivity index (χ4n) is 2.12. The van der Waals surface area contributed by atoms with Gasteiger partial charge in [0.2, 0.25) is 5.78 Å². The zero-order valence-electron chi connectivity index (χ0n) is 10.3. The summed E-state index contributed by atoms with van der Waals surface area (Å²) in [6, 6.07) is 15.0. The third-order valence-electron chi connectivity index (χ3n) is 3.16. The number of halogens is 1. The molecule has 2 aromatic carbocycles. The average Bonchev–Trinajstić information content (AvgIpc) is 2.77. The smallest absolute Gasteiger partial charge is 0.228 e. The van der Waals surface area contributed by atoms with Crippen LogP contribution in [0, 0.1) is 6.92 Å². The van der Waals surface area contributed by atoms with Gasteiger partial charge < -0.3 is 4.42 Å². The maximum Gasteiger partial charge on any atom is 0.228 e. The van der Waals surface area contributed by atoms with Crippen LogP contribution in [0.2, 0.25) is 0 Å². The van der Waals surface area contributed by atoms with Gasteiger partial charge in [-0.05, 0) is 37.3 Å². The van der Waals surface area contributed by atoms with Crippen LogP contribution in [0.5, 0.6) is 0 Å². The van der Waals surface area contributed by atoms with E-state index in [0.29, 0.717) is 11.3 Å². The van der Waals surface area contributed by atoms with Crippen molar-refractivity contribution < 1.29 is 9.21 Å². The lowest BCUT2D eigenvalue weighted by Gasteiger charge is -1.99. The quantitative estimate of drug-likeness (QED) is 0.640. The third-order valence-corrected chi connectivity index (χ3v) is 3.68. The Morgan fingerprint density at radius 2 is 1.74 bits per heavy atom. The van der Waals surface area contributed by atoms with E-state index in [-0.39, 0.29) is 5.78 Å². The van der Waals surface area contributed by atoms with Crippen LogP contribution in [0.25, 0.3) is 11.0 Å². The van der Waals surface area contributed by atoms with Gasteiger partial charge in [-0.25, -0.2) is 0 Å². The van der Waals surface area contributed by atoms with Crippen LogP contribution >= 0.6 is 15.9 Å². The molecule has 0 aliphatic carbocycles. The summed E-state index contributed by atoms with van der Waals surface area (Å²) in [5, 5.41) is 0.989. The van der Waals surface area contributed by atoms with Crippen LogP contribution in [-0.2, 0) is 0 Å². The lowest BCUT2D eigenvalue weighted by atomic mass is 10.1. The van der Waals surface area contributed by atoms with Gasteiger partial charge in [0.15, 0.2) is 5.76 Å². The largest absolute Gasteiger partial charge is 0.452 e. The first-order valence-electron chi connectivity index (χ1n) is 5.95. The number of benzene rings is 2. The van der Waals surface area contributed by atoms with Crippen LogP contribution in [0.1, 0.15) is 21.7 Å². The van der Waals surface area contributed by atoms with Gasteiger partial charge in [0.1, 0.15) is 5.58 Å². The molecule has 0 saturated heterocycles. The van der Waals surface area contributed by atoms with E-state index in [2.05, 4.69) is 15.9 Å². The number of rotatable bonds is 2. The summed E-state index contributed by atoms with van der Waals surface area (Å²) < 4.78 is 6.63. The maximum atomic E-state index is 12.4. The van der Waals surface area contributed by atoms with Crippen LogP contribution in [0.3, 0.4) is 0 Å². The molecule has 1 aromatic heterocycles. The summed E-state index contributed by atoms with van der Waals surface area (Å²) >= 11 is 3.36. The van der Waals surface area contributed by atoms with Crippen molar-refractivity contribution in [2.24, 2.45) is 0 Å². The number of hydrogen-bond donors (Lipinski definition) is 0. The molecule has 0 fully saturated rings. The summed E-state index contributed by atoms with van der Waals surface area (Å²) in [7, 11) is 0. The molecule has 0 unspecified atom stereocenters. The van der Waals surface area contributed by atoms with E-state index >= 15 is 0 Å². The molecule has 0 aliphatic heterocycles. The second kappa shape index (κ2) is 4.67. The Morgan fingerprint density at radius 1 is 1.05 bits per heavy atom. The summed E-state index contributed by atoms with van der Waals surface area (Å²) in [4.78, 5) is 12.4. The van der Waals surface area contributed by atoms with Crippen molar-refractivity contribution in [3.8, 4) is 0 Å². The van der Waals surface area contributed by atoms with Crippen LogP contribution in [0.4, 0.5) is 0 Å². The monoisotopic (exact) mass is 314 g/mol. The average molecular weight is 315 g/mol. The Labute approximate surface area is 119 Å². The fraction of sp³-hybridized carbons (Fsp3) is 0.0625. The molecule has 0 bridgehead atoms. The molecule has 0 aliphatic rings. The number of fused-ring (bicyclic) bond motifs is 1. The van der Waals surface area contributed by atoms with Gasteiger partial charge in [0.05, 0.1) is 0 Å². The van der Waals surface area contributed by atoms with Gasteiger partial charge in [-0.2, -0.15) is 0 Å². The number of para-hydroxylation sites is 1. The number of furan rings is 1. The molecule has 94 valence electrons. The standard InChI is InChI=1S/C16H11BrO2/c1-10-13-4-2-3-5-14(13)19-16(10)15(18)11-6-8-12(17)9-7-11/h2-9H,1H3. The number of hydrogen-bond acceptors (Lipinski definition) is 2. The molecule has 0 spiro atoms. The fourth-order valence-corrected chi connectivity index (χ4v) is 2.39. The Morgan fingerprint density at radius 3 is 2.42 bits per heavy atom. The van der Waals surface area contributed by atoms with Crippen molar-refractivity contribution >= 4 is 32.7 Å². The second-order valence-corrected chi connectivity index (χ2v) is 5.30. The Hall–Kier alpha value is -1.87. The molecule has 0 N–H and O–H groups in total. The minimum atomic E-state index is -0.0822. The van der Waals surface area contributed by atoms with Crippen molar-refractivity contribution in [1.82, 2.24) is 0 Å². The van der Waals surface area contributed by atoms with Crippen LogP contribution in [0.15, 0.2) is 57.4 Å². The topological polar surface area (TPSA) is 30.2 Å². The van der Waals surface area contributed by atoms with Gasteiger partial charge in [-0.15, -0.1) is 0 Å². The lowest BCUT2D eigenvalue weighted by Crippen LogP contribution is -2.01. The first-order valence-corrected chi connectivity index (χ1v) is 6.74. The van der Waals surface area contributed by atoms with E-state index in [4.69, 9.17) is 4.42 Å². The Kier molecular flexibility index (Phi) is 2.99. The molecule has 3 heteroatoms. The van der Waals surface area contributed by atoms with E-state index < -0.39 is 0 Å². The minimum Gasteiger partial charge on any atom is -0.452 e. The first-order chi connectivity index (χ1) is 9.16. The maximum absolute atomic E-state index is 12.4. The molecule has 0 amide bonds. The van der Waals surface area contributed by atoms with Gasteiger partial charge in [0.25, 0.3) is 0 Å². The van der Waals surface area contributed by atoms with E-state index in [1.807, 2.05) is 43.3 Å². The van der Waals surface area contributed by atoms with Crippen molar-refractivity contribution in [2.75, 3.05) is 0 Å². The molecule has 1 heterocycles. The molecular formula is C16H11BrO2. The number of aryl methyl sites for hydroxylation is 1. The summed E-state index contributed by atoms with van der Waals surface area (Å²) in [5.41, 5.74) is 2.27. The molecule has 0 saturated carbocycles. The van der Waals surface area contributed by atoms with Crippen LogP contribution in [-0.4, -0.2) is 5.78 Å². The predicted octanol–water partition coefficient (Wildman–Crippen LogP) is 4.73. The zero-order valence-corrected chi connectivity index (χ0v) is 11.9. The minimum absolute atomic E-state index is 0.0822. The summed E-state index contributed by atoms with van der Waals surface area (Å²) in [5.74, 6) is 0.338. The number of carbonyl (C=O) groups excluding carboxylic acids is 1. The summed E-state index contributed by atoms with van der Waals surface area (Å²) in [6.45, 7) is 1.91. The van der Waals surface area contributed by atoms with Crippen molar-refractivity contribution in [1.29, 1.82) is 0 Å². The predicted molar refractivity (Wildman–Crippen MR) is 78.5 cm³/mol. The molecule has 2 nitrogen and oxygen atoms in total. The van der Waals surface area contributed by atoms with Crippen molar-refractivity contribution in [3.05, 3.63) is 69.9 Å². The van der Waals surface area contributed by atoms with Crippen molar-refractivity contribution in [3.63, 3.8) is 0 Å². The zero-order chi connectivity index (χ0) is 13.4. The molecule has 19 heavy (non-hydrogen) atoms. The van der Waals surface area contributed by atoms with E-state index in [9.17, 15) is 4.79 Å². The van der Waals surface area contributed by atoms with Gasteiger partial charge in [-0.1, -0.05) is 34.1 Å². The third kappa shape index (κ3) is 2.10. The van der Waals surface area contributed by atoms with Crippen LogP contribution < -0.4 is 0 Å². The molecule has 3 rings (SSSR count). The number of ketones is 1. The Bertz CT molecular complexity index is 754. The van der Waals surface area contributed by atoms with Gasteiger partial charge in [-0.3, -0.25) is 4.79 Å². The SMILES string of the molecule is Cc1c(C(=O)c2ccc(Br)cc2)oc2ccccc12. The van der Waals surface area contributed by atoms with E-state index in [1.165, 1.54) is 0 Å². The molecular weight excluding hydrogens is 304 g/mol. The Balaban J connectivity index is 2.11. The highest BCUT2D eigenvalue weighted by Gasteiger charge is 2.18. The van der Waals surface area contributed by atoms with Crippen molar-refractivity contribution in [2.45, 2.75) is 6.92 Å². The highest BCUT2D eigenvalue weighted by molar-refractivity contribution is 9.10. The highest BCUT2D eigenvalue weighted by Crippen LogP contribution is 2.27. The van der Waals surface area contributed by atoms with Gasteiger partial charge in [0, 0.05) is 21.0 Å². The first kappa shape index (κ1) is 12.2. The normalized spacial score (nSPS) is 10.8. The second-order valence-electron chi connectivity index (χ2n) is 4.39. The number of carbonyl (C=O) groups is 1. The highest BCUT2D eigenvalue weighted by atomic mass is 79.9. The lowest BCUT2D eigenvalue weighted by molar-refractivity contribution is 0.101. The molecule has 0 atom stereocenters. The van der Waals surface area contributed by atoms with Gasteiger partial charge >= 0.3 is 0 Å². The summed E-state index contributed by atoms with van der Waals surface area (Å²) in [6.07, 6.45) is 0. The van der Waals surface area contributed by atoms with E-state index in [0.717, 1.165) is 21.0 Å². The molecule has 0 radical (unpaired) electrons. The molecule has 3 aromatic rings.